The third-order valence-corrected chi connectivity index (χ3v) is 13.0. The zero-order valence-electron chi connectivity index (χ0n) is 32.3. The number of urea groups is 1. The molecule has 5 N–H and O–H groups in total. The first kappa shape index (κ1) is 44.5. The smallest absolute Gasteiger partial charge is 0.323 e. The van der Waals surface area contributed by atoms with Gasteiger partial charge in [0.2, 0.25) is 0 Å². The molecule has 56 heavy (non-hydrogen) atoms. The second kappa shape index (κ2) is 22.0. The molecule has 0 unspecified atom stereocenters. The number of rotatable bonds is 12. The van der Waals surface area contributed by atoms with Crippen molar-refractivity contribution in [1.29, 1.82) is 0 Å². The first-order chi connectivity index (χ1) is 26.9. The van der Waals surface area contributed by atoms with E-state index >= 15 is 0 Å². The molecular weight excluding hydrogens is 970 g/mol. The first-order valence-electron chi connectivity index (χ1n) is 19.4. The normalized spacial score (nSPS) is 19.3. The number of carbonyl (C=O) groups is 1. The van der Waals surface area contributed by atoms with Gasteiger partial charge >= 0.3 is 6.03 Å². The Kier molecular flexibility index (Phi) is 17.4. The van der Waals surface area contributed by atoms with E-state index in [-0.39, 0.29) is 18.2 Å². The Balaban J connectivity index is 0.000000215. The van der Waals surface area contributed by atoms with Crippen LogP contribution in [-0.2, 0) is 12.8 Å². The molecule has 0 aromatic heterocycles. The van der Waals surface area contributed by atoms with E-state index in [0.29, 0.717) is 23.3 Å². The molecule has 12 heteroatoms. The number of hydrogen-bond donors (Lipinski definition) is 5. The Bertz CT molecular complexity index is 1890. The highest BCUT2D eigenvalue weighted by Gasteiger charge is 2.22. The van der Waals surface area contributed by atoms with Crippen LogP contribution in [-0.4, -0.2) is 35.6 Å². The van der Waals surface area contributed by atoms with E-state index in [2.05, 4.69) is 92.0 Å². The van der Waals surface area contributed by atoms with Crippen LogP contribution in [0.1, 0.15) is 86.5 Å². The number of amides is 2. The predicted molar refractivity (Wildman–Crippen MR) is 242 cm³/mol. The van der Waals surface area contributed by atoms with E-state index in [0.717, 1.165) is 129 Å². The third-order valence-electron chi connectivity index (χ3n) is 10.8. The van der Waals surface area contributed by atoms with Crippen LogP contribution in [0.2, 0.25) is 0 Å². The number of halogens is 4. The van der Waals surface area contributed by atoms with E-state index < -0.39 is 0 Å². The Morgan fingerprint density at radius 1 is 0.643 bits per heavy atom. The molecule has 4 aromatic rings. The van der Waals surface area contributed by atoms with Gasteiger partial charge < -0.3 is 30.4 Å². The summed E-state index contributed by atoms with van der Waals surface area (Å²) in [5.74, 6) is 2.63. The van der Waals surface area contributed by atoms with Crippen LogP contribution < -0.4 is 25.7 Å². The Hall–Kier alpha value is -2.61. The van der Waals surface area contributed by atoms with Crippen molar-refractivity contribution in [2.24, 2.45) is 11.8 Å². The van der Waals surface area contributed by atoms with Crippen LogP contribution in [0.3, 0.4) is 0 Å². The van der Waals surface area contributed by atoms with Crippen LogP contribution in [0.15, 0.2) is 84.6 Å². The van der Waals surface area contributed by atoms with Gasteiger partial charge in [-0.05, 0) is 193 Å². The minimum atomic E-state index is -0.243. The topological polar surface area (TPSA) is 112 Å². The minimum absolute atomic E-state index is 0.104. The molecule has 0 bridgehead atoms. The molecule has 2 aliphatic rings. The van der Waals surface area contributed by atoms with E-state index in [1.54, 1.807) is 7.11 Å². The average Bonchev–Trinajstić information content (AvgIpc) is 3.17. The summed E-state index contributed by atoms with van der Waals surface area (Å²) in [5, 5.41) is 25.5. The van der Waals surface area contributed by atoms with Gasteiger partial charge in [-0.2, -0.15) is 0 Å². The van der Waals surface area contributed by atoms with E-state index in [9.17, 15) is 15.0 Å². The summed E-state index contributed by atoms with van der Waals surface area (Å²) in [7, 11) is 1.63. The summed E-state index contributed by atoms with van der Waals surface area (Å²) in [6, 6.07) is 21.5. The number of aryl methyl sites for hydroxylation is 4. The fraction of sp³-hybridized carbons (Fsp3) is 0.432. The van der Waals surface area contributed by atoms with E-state index in [4.69, 9.17) is 9.57 Å². The van der Waals surface area contributed by atoms with E-state index in [1.807, 2.05) is 68.4 Å². The number of aliphatic hydroxyl groups is 2. The van der Waals surface area contributed by atoms with Gasteiger partial charge in [0.15, 0.2) is 11.5 Å². The Morgan fingerprint density at radius 3 is 1.62 bits per heavy atom. The van der Waals surface area contributed by atoms with Gasteiger partial charge in [-0.1, -0.05) is 62.2 Å². The molecule has 302 valence electrons. The molecule has 0 radical (unpaired) electrons. The maximum atomic E-state index is 12.7. The number of anilines is 3. The first-order valence-corrected chi connectivity index (χ1v) is 22.6. The lowest BCUT2D eigenvalue weighted by Gasteiger charge is -2.25. The van der Waals surface area contributed by atoms with Crippen LogP contribution in [0.25, 0.3) is 0 Å². The molecule has 0 atom stereocenters. The molecule has 2 aliphatic carbocycles. The minimum Gasteiger partial charge on any atom is -0.493 e. The van der Waals surface area contributed by atoms with Crippen LogP contribution in [0, 0.1) is 25.7 Å². The molecule has 2 saturated carbocycles. The molecule has 2 amide bonds. The zero-order valence-corrected chi connectivity index (χ0v) is 38.6. The maximum Gasteiger partial charge on any atom is 0.323 e. The van der Waals surface area contributed by atoms with Crippen molar-refractivity contribution in [3.05, 3.63) is 107 Å². The van der Waals surface area contributed by atoms with E-state index in [1.165, 1.54) is 5.56 Å². The highest BCUT2D eigenvalue weighted by atomic mass is 79.9. The number of nitrogens with one attached hydrogen (secondary N) is 3. The predicted octanol–water partition coefficient (Wildman–Crippen LogP) is 13.1. The van der Waals surface area contributed by atoms with Crippen molar-refractivity contribution in [2.75, 3.05) is 23.2 Å². The summed E-state index contributed by atoms with van der Waals surface area (Å²) in [6.45, 7) is 3.98. The Morgan fingerprint density at radius 2 is 1.11 bits per heavy atom. The van der Waals surface area contributed by atoms with Crippen LogP contribution >= 0.6 is 63.7 Å². The molecule has 4 aromatic carbocycles. The standard InChI is InChI=1S/C23H28Br2N2O2.C21H25Br2NO3/c1-14-4-3-5-15(2)21(14)26-23(29)27-22-17(12-18(24)13-20(22)25)9-6-16-7-10-19(28)11-8-16;1-26-19-4-2-3-5-20(19)27-24-21-15(12-16(22)13-18(21)23)9-6-14-7-10-17(25)11-8-14/h3-5,12-13,16,19,28H,6-11H2,1-2H3,(H2,26,27,29);2-5,12-14,17,24-25H,6-11H2,1H3. The lowest BCUT2D eigenvalue weighted by Crippen LogP contribution is -2.22. The lowest BCUT2D eigenvalue weighted by atomic mass is 9.84. The number of para-hydroxylation sites is 3. The molecule has 0 heterocycles. The van der Waals surface area contributed by atoms with Crippen molar-refractivity contribution in [2.45, 2.75) is 103 Å². The Labute approximate surface area is 365 Å². The third kappa shape index (κ3) is 13.2. The SMILES string of the molecule is COc1ccccc1ONc1c(Br)cc(Br)cc1CCC1CCC(O)CC1.Cc1cccc(C)c1NC(=O)Nc1c(Br)cc(Br)cc1CCC1CCC(O)CC1. The second-order valence-corrected chi connectivity index (χ2v) is 18.5. The van der Waals surface area contributed by atoms with Crippen molar-refractivity contribution in [1.82, 2.24) is 0 Å². The van der Waals surface area contributed by atoms with Crippen LogP contribution in [0.5, 0.6) is 11.5 Å². The average molecular weight is 1020 g/mol. The van der Waals surface area contributed by atoms with Crippen molar-refractivity contribution < 1.29 is 24.6 Å². The van der Waals surface area contributed by atoms with Crippen molar-refractivity contribution in [3.63, 3.8) is 0 Å². The fourth-order valence-corrected chi connectivity index (χ4v) is 10.4. The van der Waals surface area contributed by atoms with Gasteiger partial charge in [-0.25, -0.2) is 10.3 Å². The van der Waals surface area contributed by atoms with Gasteiger partial charge in [0.1, 0.15) is 0 Å². The molecule has 0 spiro atoms. The lowest BCUT2D eigenvalue weighted by molar-refractivity contribution is 0.106. The van der Waals surface area contributed by atoms with Gasteiger partial charge in [-0.15, -0.1) is 0 Å². The summed E-state index contributed by atoms with van der Waals surface area (Å²) in [5.41, 5.74) is 10.1. The molecule has 0 saturated heterocycles. The fourth-order valence-electron chi connectivity index (χ4n) is 7.57. The summed E-state index contributed by atoms with van der Waals surface area (Å²) < 4.78 is 9.17. The van der Waals surface area contributed by atoms with Gasteiger partial charge in [0, 0.05) is 23.6 Å². The monoisotopic (exact) mass is 1020 g/mol. The summed E-state index contributed by atoms with van der Waals surface area (Å²) in [6.07, 6.45) is 11.8. The number of carbonyl (C=O) groups excluding carboxylic acids is 1. The number of ether oxygens (including phenoxy) is 1. The highest BCUT2D eigenvalue weighted by molar-refractivity contribution is 9.11. The maximum absolute atomic E-state index is 12.7. The number of hydrogen-bond acceptors (Lipinski definition) is 6. The molecule has 2 fully saturated rings. The van der Waals surface area contributed by atoms with Gasteiger partial charge in [0.25, 0.3) is 0 Å². The van der Waals surface area contributed by atoms with Crippen LogP contribution in [0.4, 0.5) is 21.9 Å². The summed E-state index contributed by atoms with van der Waals surface area (Å²) in [4.78, 5) is 18.6. The van der Waals surface area contributed by atoms with Gasteiger partial charge in [-0.3, -0.25) is 0 Å². The largest absolute Gasteiger partial charge is 0.493 e. The number of aliphatic hydroxyl groups excluding tert-OH is 2. The molecular formula is C44H53Br4N3O5. The summed E-state index contributed by atoms with van der Waals surface area (Å²) >= 11 is 14.4. The number of benzene rings is 4. The molecule has 6 rings (SSSR count). The van der Waals surface area contributed by atoms with Crippen molar-refractivity contribution in [3.8, 4) is 11.5 Å². The number of methoxy groups -OCH3 is 1. The zero-order chi connectivity index (χ0) is 40.2. The second-order valence-electron chi connectivity index (χ2n) is 15.0. The quantitative estimate of drug-likeness (QED) is 0.0904. The van der Waals surface area contributed by atoms with Gasteiger partial charge in [0.05, 0.1) is 30.7 Å². The molecule has 8 nitrogen and oxygen atoms in total. The highest BCUT2D eigenvalue weighted by Crippen LogP contribution is 2.37. The molecule has 0 aliphatic heterocycles. The van der Waals surface area contributed by atoms with Crippen molar-refractivity contribution >= 4 is 86.8 Å².